The average Bonchev–Trinajstić information content (AvgIpc) is 3.34. The van der Waals surface area contributed by atoms with E-state index in [1.54, 1.807) is 0 Å². The smallest absolute Gasteiger partial charge is 0.349 e. The minimum absolute atomic E-state index is 0.00967. The summed E-state index contributed by atoms with van der Waals surface area (Å²) in [5, 5.41) is 3.34. The molecule has 1 N–H and O–H groups in total. The molecule has 3 aliphatic heterocycles. The highest BCUT2D eigenvalue weighted by Crippen LogP contribution is 2.43. The molecule has 1 aromatic carbocycles. The number of rotatable bonds is 8. The fourth-order valence-corrected chi connectivity index (χ4v) is 7.56. The summed E-state index contributed by atoms with van der Waals surface area (Å²) in [4.78, 5) is 34.0. The van der Waals surface area contributed by atoms with E-state index in [1.807, 2.05) is 25.1 Å². The summed E-state index contributed by atoms with van der Waals surface area (Å²) in [5.74, 6) is 0.355. The summed E-state index contributed by atoms with van der Waals surface area (Å²) in [5.41, 5.74) is 2.97. The predicted molar refractivity (Wildman–Crippen MR) is 148 cm³/mol. The van der Waals surface area contributed by atoms with Gasteiger partial charge in [0.1, 0.15) is 12.2 Å². The second-order valence-electron chi connectivity index (χ2n) is 12.4. The Kier molecular flexibility index (Phi) is 7.87. The minimum atomic E-state index is -4.50. The van der Waals surface area contributed by atoms with Crippen LogP contribution in [-0.4, -0.2) is 62.5 Å². The van der Waals surface area contributed by atoms with Gasteiger partial charge in [0.05, 0.1) is 24.0 Å². The summed E-state index contributed by atoms with van der Waals surface area (Å²) in [6, 6.07) is 11.3. The molecule has 2 amide bonds. The Bertz CT molecular complexity index is 1240. The largest absolute Gasteiger partial charge is 0.397 e. The molecule has 1 aliphatic carbocycles. The highest BCUT2D eigenvalue weighted by Gasteiger charge is 2.43. The highest BCUT2D eigenvalue weighted by molar-refractivity contribution is 5.79. The Balaban J connectivity index is 1.12. The number of imidazole rings is 1. The molecule has 2 unspecified atom stereocenters. The maximum atomic E-state index is 12.9. The van der Waals surface area contributed by atoms with Gasteiger partial charge in [-0.25, -0.2) is 4.98 Å². The Morgan fingerprint density at radius 1 is 1.05 bits per heavy atom. The van der Waals surface area contributed by atoms with Gasteiger partial charge in [-0.05, 0) is 57.4 Å². The van der Waals surface area contributed by atoms with Crippen molar-refractivity contribution in [1.82, 2.24) is 24.7 Å². The first-order valence-electron chi connectivity index (χ1n) is 15.2. The lowest BCUT2D eigenvalue weighted by molar-refractivity contribution is -0.162. The molecule has 1 aromatic heterocycles. The van der Waals surface area contributed by atoms with Gasteiger partial charge in [-0.3, -0.25) is 14.5 Å². The van der Waals surface area contributed by atoms with E-state index in [0.717, 1.165) is 80.7 Å². The quantitative estimate of drug-likeness (QED) is 0.470. The lowest BCUT2D eigenvalue weighted by Gasteiger charge is -2.41. The molecule has 222 valence electrons. The minimum Gasteiger partial charge on any atom is -0.349 e. The van der Waals surface area contributed by atoms with Crippen molar-refractivity contribution in [2.75, 3.05) is 13.1 Å². The third-order valence-corrected chi connectivity index (χ3v) is 9.83. The van der Waals surface area contributed by atoms with E-state index < -0.39 is 18.5 Å². The number of hydrogen-bond acceptors (Lipinski definition) is 4. The first-order valence-corrected chi connectivity index (χ1v) is 15.2. The number of fused-ring (bicyclic) bond motifs is 3. The molecule has 4 heterocycles. The Hall–Kier alpha value is -2.88. The molecule has 1 saturated carbocycles. The SMILES string of the molecule is Cc1nc2c(n1C1CC3CCC(C1)N3CC[C@H](NC(=O)C1CCC1)c1ccccc1)CN(C(=O)CC(F)(F)F)CC2. The highest BCUT2D eigenvalue weighted by atomic mass is 19.4. The van der Waals surface area contributed by atoms with E-state index in [2.05, 4.69) is 26.9 Å². The van der Waals surface area contributed by atoms with Gasteiger partial charge in [-0.15, -0.1) is 0 Å². The van der Waals surface area contributed by atoms with Crippen LogP contribution in [0.3, 0.4) is 0 Å². The van der Waals surface area contributed by atoms with Gasteiger partial charge >= 0.3 is 6.18 Å². The Morgan fingerprint density at radius 3 is 2.39 bits per heavy atom. The third kappa shape index (κ3) is 6.03. The molecule has 0 spiro atoms. The molecular weight excluding hydrogens is 531 g/mol. The van der Waals surface area contributed by atoms with E-state index in [-0.39, 0.29) is 37.0 Å². The zero-order chi connectivity index (χ0) is 28.7. The Labute approximate surface area is 239 Å². The molecular formula is C31H40F3N5O2. The van der Waals surface area contributed by atoms with Crippen molar-refractivity contribution in [3.63, 3.8) is 0 Å². The van der Waals surface area contributed by atoms with Crippen molar-refractivity contribution >= 4 is 11.8 Å². The van der Waals surface area contributed by atoms with Crippen LogP contribution >= 0.6 is 0 Å². The molecule has 3 atom stereocenters. The molecule has 2 saturated heterocycles. The summed E-state index contributed by atoms with van der Waals surface area (Å²) >= 11 is 0. The van der Waals surface area contributed by atoms with Crippen LogP contribution in [0.25, 0.3) is 0 Å². The molecule has 10 heteroatoms. The average molecular weight is 572 g/mol. The van der Waals surface area contributed by atoms with Crippen molar-refractivity contribution in [3.8, 4) is 0 Å². The molecule has 2 aromatic rings. The van der Waals surface area contributed by atoms with Crippen molar-refractivity contribution < 1.29 is 22.8 Å². The van der Waals surface area contributed by atoms with Gasteiger partial charge in [0.15, 0.2) is 0 Å². The number of nitrogens with zero attached hydrogens (tertiary/aromatic N) is 4. The lowest BCUT2D eigenvalue weighted by Crippen LogP contribution is -2.46. The van der Waals surface area contributed by atoms with Crippen molar-refractivity contribution in [1.29, 1.82) is 0 Å². The number of carbonyl (C=O) groups is 2. The first-order chi connectivity index (χ1) is 19.7. The molecule has 0 radical (unpaired) electrons. The van der Waals surface area contributed by atoms with E-state index >= 15 is 0 Å². The number of aryl methyl sites for hydroxylation is 1. The Morgan fingerprint density at radius 2 is 1.76 bits per heavy atom. The van der Waals surface area contributed by atoms with Crippen LogP contribution in [0.2, 0.25) is 0 Å². The van der Waals surface area contributed by atoms with Gasteiger partial charge in [-0.1, -0.05) is 36.8 Å². The van der Waals surface area contributed by atoms with Gasteiger partial charge < -0.3 is 14.8 Å². The third-order valence-electron chi connectivity index (χ3n) is 9.83. The molecule has 4 aliphatic rings. The van der Waals surface area contributed by atoms with Gasteiger partial charge in [-0.2, -0.15) is 13.2 Å². The topological polar surface area (TPSA) is 70.5 Å². The molecule has 41 heavy (non-hydrogen) atoms. The maximum Gasteiger partial charge on any atom is 0.397 e. The normalized spacial score (nSPS) is 25.5. The number of carbonyl (C=O) groups excluding carboxylic acids is 2. The van der Waals surface area contributed by atoms with Crippen LogP contribution in [0, 0.1) is 12.8 Å². The molecule has 2 bridgehead atoms. The van der Waals surface area contributed by atoms with Crippen LogP contribution < -0.4 is 5.32 Å². The second kappa shape index (κ2) is 11.4. The number of hydrogen-bond donors (Lipinski definition) is 1. The number of aromatic nitrogens is 2. The zero-order valence-corrected chi connectivity index (χ0v) is 23.7. The zero-order valence-electron chi connectivity index (χ0n) is 23.7. The number of halogens is 3. The van der Waals surface area contributed by atoms with Crippen LogP contribution in [0.15, 0.2) is 30.3 Å². The second-order valence-corrected chi connectivity index (χ2v) is 12.4. The number of benzene rings is 1. The molecule has 6 rings (SSSR count). The van der Waals surface area contributed by atoms with Crippen molar-refractivity contribution in [3.05, 3.63) is 53.1 Å². The first kappa shape index (κ1) is 28.2. The summed E-state index contributed by atoms with van der Waals surface area (Å²) in [6.45, 7) is 3.36. The number of amides is 2. The number of alkyl halides is 3. The number of nitrogens with one attached hydrogen (secondary N) is 1. The van der Waals surface area contributed by atoms with Gasteiger partial charge in [0, 0.05) is 43.6 Å². The standard InChI is InChI=1S/C31H40F3N5O2/c1-20-35-27-12-14-37(29(40)18-31(32,33)34)19-28(27)39(20)25-16-23-10-11-24(17-25)38(23)15-13-26(21-6-3-2-4-7-21)36-30(41)22-8-5-9-22/h2-4,6-7,22-26H,5,8-19H2,1H3,(H,36,41)/t23?,24?,25?,26-/m0/s1. The van der Waals surface area contributed by atoms with Crippen molar-refractivity contribution in [2.24, 2.45) is 5.92 Å². The number of piperidine rings is 1. The summed E-state index contributed by atoms with van der Waals surface area (Å²) in [6.07, 6.45) is 2.70. The fraction of sp³-hybridized carbons (Fsp3) is 0.645. The van der Waals surface area contributed by atoms with E-state index in [9.17, 15) is 22.8 Å². The van der Waals surface area contributed by atoms with E-state index in [0.29, 0.717) is 18.5 Å². The van der Waals surface area contributed by atoms with E-state index in [4.69, 9.17) is 4.98 Å². The van der Waals surface area contributed by atoms with Crippen LogP contribution in [0.5, 0.6) is 0 Å². The van der Waals surface area contributed by atoms with Gasteiger partial charge in [0.2, 0.25) is 11.8 Å². The van der Waals surface area contributed by atoms with E-state index in [1.165, 1.54) is 4.90 Å². The van der Waals surface area contributed by atoms with Crippen LogP contribution in [0.4, 0.5) is 13.2 Å². The molecule has 3 fully saturated rings. The lowest BCUT2D eigenvalue weighted by atomic mass is 9.84. The summed E-state index contributed by atoms with van der Waals surface area (Å²) < 4.78 is 40.9. The predicted octanol–water partition coefficient (Wildman–Crippen LogP) is 5.24. The summed E-state index contributed by atoms with van der Waals surface area (Å²) in [7, 11) is 0. The van der Waals surface area contributed by atoms with Crippen LogP contribution in [0.1, 0.15) is 92.6 Å². The maximum absolute atomic E-state index is 12.9. The van der Waals surface area contributed by atoms with Crippen molar-refractivity contribution in [2.45, 2.75) is 108 Å². The fourth-order valence-electron chi connectivity index (χ4n) is 7.56. The van der Waals surface area contributed by atoms with Gasteiger partial charge in [0.25, 0.3) is 0 Å². The molecule has 7 nitrogen and oxygen atoms in total. The van der Waals surface area contributed by atoms with Crippen LogP contribution in [-0.2, 0) is 22.6 Å². The monoisotopic (exact) mass is 571 g/mol.